The normalized spacial score (nSPS) is 10.6. The van der Waals surface area contributed by atoms with Crippen molar-refractivity contribution >= 4 is 18.1 Å². The molecule has 0 saturated carbocycles. The van der Waals surface area contributed by atoms with E-state index in [1.165, 1.54) is 25.5 Å². The van der Waals surface area contributed by atoms with Crippen LogP contribution in [-0.4, -0.2) is 25.2 Å². The number of hydrazone groups is 1. The minimum atomic E-state index is -0.817. The summed E-state index contributed by atoms with van der Waals surface area (Å²) in [6, 6.07) is 13.8. The van der Waals surface area contributed by atoms with Crippen molar-refractivity contribution in [2.75, 3.05) is 7.11 Å². The van der Waals surface area contributed by atoms with Gasteiger partial charge in [-0.2, -0.15) is 10.4 Å². The third-order valence-corrected chi connectivity index (χ3v) is 4.25. The fourth-order valence-corrected chi connectivity index (χ4v) is 2.68. The number of amides is 1. The summed E-state index contributed by atoms with van der Waals surface area (Å²) in [7, 11) is 1.31. The SMILES string of the molecule is COC(=O)c1ccc(C)c(-c2ccc(/C=N\NC(=O)c3ccc(C#N)cc3F)o2)c1. The fraction of sp³-hybridized carbons (Fsp3) is 0.0909. The summed E-state index contributed by atoms with van der Waals surface area (Å²) < 4.78 is 24.3. The van der Waals surface area contributed by atoms with E-state index in [4.69, 9.17) is 14.4 Å². The summed E-state index contributed by atoms with van der Waals surface area (Å²) in [5.41, 5.74) is 4.08. The van der Waals surface area contributed by atoms with Crippen LogP contribution in [0.3, 0.4) is 0 Å². The Morgan fingerprint density at radius 1 is 1.20 bits per heavy atom. The number of rotatable bonds is 5. The first-order chi connectivity index (χ1) is 14.4. The molecule has 0 radical (unpaired) electrons. The summed E-state index contributed by atoms with van der Waals surface area (Å²) in [5.74, 6) is -1.19. The van der Waals surface area contributed by atoms with Gasteiger partial charge in [-0.1, -0.05) is 6.07 Å². The van der Waals surface area contributed by atoms with Gasteiger partial charge in [0.15, 0.2) is 0 Å². The lowest BCUT2D eigenvalue weighted by atomic mass is 10.0. The first-order valence-electron chi connectivity index (χ1n) is 8.75. The number of halogens is 1. The molecule has 8 heteroatoms. The number of carbonyl (C=O) groups is 2. The van der Waals surface area contributed by atoms with Crippen molar-refractivity contribution in [3.05, 3.63) is 82.4 Å². The van der Waals surface area contributed by atoms with Gasteiger partial charge in [0.05, 0.1) is 36.1 Å². The topological polar surface area (TPSA) is 105 Å². The van der Waals surface area contributed by atoms with Gasteiger partial charge in [-0.05, 0) is 55.0 Å². The van der Waals surface area contributed by atoms with Crippen molar-refractivity contribution in [3.8, 4) is 17.4 Å². The standard InChI is InChI=1S/C22H16FN3O4/c1-13-3-5-15(22(28)29-2)10-18(13)20-8-6-16(30-20)12-25-26-21(27)17-7-4-14(11-24)9-19(17)23/h3-10,12H,1-2H3,(H,26,27)/b25-12-. The summed E-state index contributed by atoms with van der Waals surface area (Å²) in [6.07, 6.45) is 1.27. The van der Waals surface area contributed by atoms with E-state index in [1.807, 2.05) is 6.92 Å². The maximum atomic E-state index is 13.9. The molecule has 2 aromatic carbocycles. The minimum Gasteiger partial charge on any atom is -0.465 e. The van der Waals surface area contributed by atoms with Crippen LogP contribution in [0.4, 0.5) is 4.39 Å². The molecule has 3 aromatic rings. The number of hydrogen-bond donors (Lipinski definition) is 1. The first kappa shape index (κ1) is 20.5. The van der Waals surface area contributed by atoms with Crippen LogP contribution in [0.2, 0.25) is 0 Å². The molecule has 1 aromatic heterocycles. The van der Waals surface area contributed by atoms with Crippen LogP contribution in [0.15, 0.2) is 58.0 Å². The van der Waals surface area contributed by atoms with Crippen molar-refractivity contribution in [3.63, 3.8) is 0 Å². The first-order valence-corrected chi connectivity index (χ1v) is 8.75. The van der Waals surface area contributed by atoms with Gasteiger partial charge in [-0.15, -0.1) is 0 Å². The van der Waals surface area contributed by atoms with Gasteiger partial charge in [0.1, 0.15) is 17.3 Å². The molecule has 150 valence electrons. The average molecular weight is 405 g/mol. The van der Waals surface area contributed by atoms with Crippen LogP contribution in [0.5, 0.6) is 0 Å². The molecule has 0 saturated heterocycles. The second kappa shape index (κ2) is 8.84. The van der Waals surface area contributed by atoms with Crippen LogP contribution in [0.25, 0.3) is 11.3 Å². The molecule has 7 nitrogen and oxygen atoms in total. The molecule has 30 heavy (non-hydrogen) atoms. The van der Waals surface area contributed by atoms with Crippen molar-refractivity contribution in [2.45, 2.75) is 6.92 Å². The van der Waals surface area contributed by atoms with E-state index in [-0.39, 0.29) is 11.1 Å². The van der Waals surface area contributed by atoms with E-state index < -0.39 is 17.7 Å². The average Bonchev–Trinajstić information content (AvgIpc) is 3.21. The van der Waals surface area contributed by atoms with Crippen LogP contribution in [-0.2, 0) is 4.74 Å². The Morgan fingerprint density at radius 2 is 2.00 bits per heavy atom. The highest BCUT2D eigenvalue weighted by Crippen LogP contribution is 2.26. The Morgan fingerprint density at radius 3 is 2.70 bits per heavy atom. The zero-order valence-corrected chi connectivity index (χ0v) is 16.1. The number of methoxy groups -OCH3 is 1. The number of furan rings is 1. The van der Waals surface area contributed by atoms with Gasteiger partial charge in [-0.25, -0.2) is 14.6 Å². The van der Waals surface area contributed by atoms with Gasteiger partial charge in [0.25, 0.3) is 5.91 Å². The Hall–Kier alpha value is -4.25. The van der Waals surface area contributed by atoms with Crippen LogP contribution >= 0.6 is 0 Å². The number of ether oxygens (including phenoxy) is 1. The molecule has 0 aliphatic rings. The van der Waals surface area contributed by atoms with Crippen molar-refractivity contribution in [2.24, 2.45) is 5.10 Å². The maximum absolute atomic E-state index is 13.9. The molecule has 0 unspecified atom stereocenters. The molecule has 1 heterocycles. The molecule has 0 spiro atoms. The molecule has 0 atom stereocenters. The van der Waals surface area contributed by atoms with E-state index in [0.717, 1.165) is 11.6 Å². The molecule has 0 aliphatic heterocycles. The number of nitrogens with one attached hydrogen (secondary N) is 1. The van der Waals surface area contributed by atoms with Gasteiger partial charge < -0.3 is 9.15 Å². The zero-order valence-electron chi connectivity index (χ0n) is 16.1. The Labute approximate surface area is 171 Å². The van der Waals surface area contributed by atoms with E-state index in [0.29, 0.717) is 22.6 Å². The predicted octanol–water partition coefficient (Wildman–Crippen LogP) is 3.82. The number of esters is 1. The van der Waals surface area contributed by atoms with Crippen LogP contribution in [0.1, 0.15) is 37.6 Å². The van der Waals surface area contributed by atoms with Crippen LogP contribution < -0.4 is 5.43 Å². The number of carbonyl (C=O) groups excluding carboxylic acids is 2. The number of hydrogen-bond acceptors (Lipinski definition) is 6. The van der Waals surface area contributed by atoms with E-state index in [1.54, 1.807) is 36.4 Å². The van der Waals surface area contributed by atoms with Crippen molar-refractivity contribution in [1.29, 1.82) is 5.26 Å². The third-order valence-electron chi connectivity index (χ3n) is 4.25. The lowest BCUT2D eigenvalue weighted by Gasteiger charge is -2.05. The van der Waals surface area contributed by atoms with E-state index >= 15 is 0 Å². The van der Waals surface area contributed by atoms with Crippen LogP contribution in [0, 0.1) is 24.1 Å². The summed E-state index contributed by atoms with van der Waals surface area (Å²) in [4.78, 5) is 23.8. The number of nitrogens with zero attached hydrogens (tertiary/aromatic N) is 2. The molecule has 0 bridgehead atoms. The molecule has 0 fully saturated rings. The number of benzene rings is 2. The highest BCUT2D eigenvalue weighted by Gasteiger charge is 2.13. The summed E-state index contributed by atoms with van der Waals surface area (Å²) >= 11 is 0. The lowest BCUT2D eigenvalue weighted by Crippen LogP contribution is -2.19. The molecule has 1 amide bonds. The van der Waals surface area contributed by atoms with Crippen molar-refractivity contribution < 1.29 is 23.1 Å². The van der Waals surface area contributed by atoms with Crippen molar-refractivity contribution in [1.82, 2.24) is 5.43 Å². The van der Waals surface area contributed by atoms with Gasteiger partial charge in [0, 0.05) is 5.56 Å². The predicted molar refractivity (Wildman–Crippen MR) is 106 cm³/mol. The largest absolute Gasteiger partial charge is 0.465 e. The fourth-order valence-electron chi connectivity index (χ4n) is 2.68. The van der Waals surface area contributed by atoms with E-state index in [2.05, 4.69) is 10.5 Å². The zero-order chi connectivity index (χ0) is 21.7. The monoisotopic (exact) mass is 405 g/mol. The highest BCUT2D eigenvalue weighted by atomic mass is 19.1. The number of nitriles is 1. The van der Waals surface area contributed by atoms with Gasteiger partial charge in [-0.3, -0.25) is 4.79 Å². The smallest absolute Gasteiger partial charge is 0.337 e. The third kappa shape index (κ3) is 4.42. The number of aryl methyl sites for hydroxylation is 1. The Balaban J connectivity index is 1.73. The lowest BCUT2D eigenvalue weighted by molar-refractivity contribution is 0.0600. The minimum absolute atomic E-state index is 0.113. The summed E-state index contributed by atoms with van der Waals surface area (Å²) in [5, 5.41) is 12.5. The molecular weight excluding hydrogens is 389 g/mol. The molecule has 1 N–H and O–H groups in total. The molecule has 0 aliphatic carbocycles. The molecule has 3 rings (SSSR count). The Bertz CT molecular complexity index is 1190. The maximum Gasteiger partial charge on any atom is 0.337 e. The second-order valence-corrected chi connectivity index (χ2v) is 6.23. The van der Waals surface area contributed by atoms with E-state index in [9.17, 15) is 14.0 Å². The summed E-state index contributed by atoms with van der Waals surface area (Å²) in [6.45, 7) is 1.87. The van der Waals surface area contributed by atoms with Gasteiger partial charge in [0.2, 0.25) is 0 Å². The highest BCUT2D eigenvalue weighted by molar-refractivity contribution is 5.95. The molecular formula is C22H16FN3O4. The van der Waals surface area contributed by atoms with Gasteiger partial charge >= 0.3 is 5.97 Å². The Kier molecular flexibility index (Phi) is 6.03. The quantitative estimate of drug-likeness (QED) is 0.395. The second-order valence-electron chi connectivity index (χ2n) is 6.23.